The second-order valence-corrected chi connectivity index (χ2v) is 7.79. The molecule has 1 aromatic carbocycles. The molecule has 0 fully saturated rings. The number of amides is 2. The minimum absolute atomic E-state index is 0.203. The van der Waals surface area contributed by atoms with Gasteiger partial charge in [-0.2, -0.15) is 0 Å². The van der Waals surface area contributed by atoms with Gasteiger partial charge in [0.2, 0.25) is 5.91 Å². The largest absolute Gasteiger partial charge is 0.495 e. The van der Waals surface area contributed by atoms with Crippen molar-refractivity contribution in [3.63, 3.8) is 0 Å². The number of thiophene rings is 1. The summed E-state index contributed by atoms with van der Waals surface area (Å²) in [6, 6.07) is 8.91. The van der Waals surface area contributed by atoms with Crippen LogP contribution >= 0.6 is 23.1 Å². The maximum Gasteiger partial charge on any atom is 0.260 e. The lowest BCUT2D eigenvalue weighted by molar-refractivity contribution is -0.114. The number of ether oxygens (including phenoxy) is 1. The van der Waals surface area contributed by atoms with Crippen LogP contribution in [0.2, 0.25) is 0 Å². The van der Waals surface area contributed by atoms with Crippen LogP contribution in [0.3, 0.4) is 0 Å². The van der Waals surface area contributed by atoms with Crippen molar-refractivity contribution in [1.82, 2.24) is 9.97 Å². The fraction of sp³-hybridized carbons (Fsp3) is 0.200. The number of methoxy groups -OCH3 is 1. The van der Waals surface area contributed by atoms with Crippen LogP contribution in [0.15, 0.2) is 40.7 Å². The third kappa shape index (κ3) is 4.75. The molecule has 0 bridgehead atoms. The number of hydrogen-bond acceptors (Lipinski definition) is 7. The number of anilines is 2. The summed E-state index contributed by atoms with van der Waals surface area (Å²) in [5.74, 6) is 0.531. The van der Waals surface area contributed by atoms with Crippen LogP contribution < -0.4 is 15.4 Å². The van der Waals surface area contributed by atoms with Crippen molar-refractivity contribution in [2.24, 2.45) is 0 Å². The van der Waals surface area contributed by atoms with E-state index in [1.54, 1.807) is 36.5 Å². The number of carbonyl (C=O) groups excluding carboxylic acids is 2. The number of thioether (sulfide) groups is 1. The van der Waals surface area contributed by atoms with E-state index >= 15 is 0 Å². The molecule has 0 saturated carbocycles. The second-order valence-electron chi connectivity index (χ2n) is 6.04. The number of hydrogen-bond donors (Lipinski definition) is 2. The molecule has 0 atom stereocenters. The van der Waals surface area contributed by atoms with Gasteiger partial charge < -0.3 is 15.4 Å². The molecule has 2 heterocycles. The normalized spacial score (nSPS) is 10.5. The fourth-order valence-corrected chi connectivity index (χ4v) is 4.02. The molecule has 0 spiro atoms. The number of aromatic nitrogens is 2. The zero-order valence-corrected chi connectivity index (χ0v) is 18.0. The van der Waals surface area contributed by atoms with E-state index in [2.05, 4.69) is 20.6 Å². The molecular formula is C20H20N4O3S2. The molecule has 2 amide bonds. The van der Waals surface area contributed by atoms with E-state index in [0.717, 1.165) is 4.88 Å². The SMILES string of the molecule is COc1ccc(NC(C)=O)cc1NC(=O)c1c(C)nc(-c2cccs2)nc1SC. The molecule has 0 unspecified atom stereocenters. The summed E-state index contributed by atoms with van der Waals surface area (Å²) in [7, 11) is 1.51. The van der Waals surface area contributed by atoms with Gasteiger partial charge in [-0.3, -0.25) is 9.59 Å². The van der Waals surface area contributed by atoms with Gasteiger partial charge in [-0.25, -0.2) is 9.97 Å². The molecule has 0 radical (unpaired) electrons. The van der Waals surface area contributed by atoms with Gasteiger partial charge in [-0.1, -0.05) is 6.07 Å². The number of benzene rings is 1. The number of aryl methyl sites for hydroxylation is 1. The number of nitrogens with zero attached hydrogens (tertiary/aromatic N) is 2. The fourth-order valence-electron chi connectivity index (χ4n) is 2.74. The number of nitrogens with one attached hydrogen (secondary N) is 2. The Morgan fingerprint density at radius 3 is 2.59 bits per heavy atom. The van der Waals surface area contributed by atoms with E-state index in [-0.39, 0.29) is 11.8 Å². The third-order valence-electron chi connectivity index (χ3n) is 3.99. The Hall–Kier alpha value is -2.91. The zero-order valence-electron chi connectivity index (χ0n) is 16.4. The summed E-state index contributed by atoms with van der Waals surface area (Å²) in [4.78, 5) is 34.4. The first kappa shape index (κ1) is 20.8. The van der Waals surface area contributed by atoms with Crippen LogP contribution in [0, 0.1) is 6.92 Å². The third-order valence-corrected chi connectivity index (χ3v) is 5.53. The van der Waals surface area contributed by atoms with Crippen molar-refractivity contribution in [2.45, 2.75) is 18.9 Å². The van der Waals surface area contributed by atoms with Crippen LogP contribution in [-0.4, -0.2) is 35.1 Å². The maximum absolute atomic E-state index is 13.1. The van der Waals surface area contributed by atoms with Gasteiger partial charge in [0.25, 0.3) is 5.91 Å². The van der Waals surface area contributed by atoms with Crippen molar-refractivity contribution in [1.29, 1.82) is 0 Å². The van der Waals surface area contributed by atoms with Crippen LogP contribution in [0.1, 0.15) is 23.0 Å². The Bertz CT molecular complexity index is 1050. The van der Waals surface area contributed by atoms with Crippen molar-refractivity contribution < 1.29 is 14.3 Å². The van der Waals surface area contributed by atoms with Gasteiger partial charge in [0, 0.05) is 12.6 Å². The molecule has 0 saturated heterocycles. The van der Waals surface area contributed by atoms with Gasteiger partial charge >= 0.3 is 0 Å². The van der Waals surface area contributed by atoms with E-state index in [1.807, 2.05) is 23.8 Å². The lowest BCUT2D eigenvalue weighted by atomic mass is 10.2. The minimum Gasteiger partial charge on any atom is -0.495 e. The predicted octanol–water partition coefficient (Wildman–Crippen LogP) is 4.45. The number of carbonyl (C=O) groups is 2. The first-order valence-corrected chi connectivity index (χ1v) is 10.8. The van der Waals surface area contributed by atoms with Crippen molar-refractivity contribution in [3.05, 3.63) is 47.0 Å². The standard InChI is InChI=1S/C20H20N4O3S2/c1-11-17(20(28-4)24-18(21-11)16-6-5-9-29-16)19(26)23-14-10-13(22-12(2)25)7-8-15(14)27-3/h5-10H,1-4H3,(H,22,25)(H,23,26). The van der Waals surface area contributed by atoms with Gasteiger partial charge in [-0.05, 0) is 42.8 Å². The van der Waals surface area contributed by atoms with E-state index < -0.39 is 0 Å². The summed E-state index contributed by atoms with van der Waals surface area (Å²) in [5, 5.41) is 8.10. The topological polar surface area (TPSA) is 93.2 Å². The van der Waals surface area contributed by atoms with E-state index in [0.29, 0.717) is 39.2 Å². The summed E-state index contributed by atoms with van der Waals surface area (Å²) in [5.41, 5.74) is 1.99. The first-order valence-electron chi connectivity index (χ1n) is 8.66. The summed E-state index contributed by atoms with van der Waals surface area (Å²) < 4.78 is 5.33. The molecule has 0 aliphatic rings. The van der Waals surface area contributed by atoms with Crippen molar-refractivity contribution >= 4 is 46.3 Å². The average Bonchev–Trinajstić information content (AvgIpc) is 3.21. The Kier molecular flexibility index (Phi) is 6.50. The molecule has 0 aliphatic carbocycles. The Balaban J connectivity index is 1.96. The highest BCUT2D eigenvalue weighted by atomic mass is 32.2. The van der Waals surface area contributed by atoms with E-state index in [9.17, 15) is 9.59 Å². The summed E-state index contributed by atoms with van der Waals surface area (Å²) >= 11 is 2.93. The summed E-state index contributed by atoms with van der Waals surface area (Å²) in [6.07, 6.45) is 1.87. The Labute approximate surface area is 176 Å². The van der Waals surface area contributed by atoms with Gasteiger partial charge in [0.05, 0.1) is 28.9 Å². The molecule has 3 rings (SSSR count). The van der Waals surface area contributed by atoms with Crippen LogP contribution in [0.25, 0.3) is 10.7 Å². The molecule has 2 aromatic heterocycles. The smallest absolute Gasteiger partial charge is 0.260 e. The molecule has 0 aliphatic heterocycles. The van der Waals surface area contributed by atoms with Crippen molar-refractivity contribution in [3.8, 4) is 16.5 Å². The predicted molar refractivity (Wildman–Crippen MR) is 117 cm³/mol. The van der Waals surface area contributed by atoms with Gasteiger partial charge in [-0.15, -0.1) is 23.1 Å². The molecule has 9 heteroatoms. The number of rotatable bonds is 6. The van der Waals surface area contributed by atoms with Crippen LogP contribution in [-0.2, 0) is 4.79 Å². The van der Waals surface area contributed by atoms with Gasteiger partial charge in [0.1, 0.15) is 10.8 Å². The van der Waals surface area contributed by atoms with E-state index in [4.69, 9.17) is 4.74 Å². The van der Waals surface area contributed by atoms with Crippen LogP contribution in [0.4, 0.5) is 11.4 Å². The second kappa shape index (κ2) is 9.06. The Morgan fingerprint density at radius 2 is 1.97 bits per heavy atom. The zero-order chi connectivity index (χ0) is 21.0. The average molecular weight is 429 g/mol. The van der Waals surface area contributed by atoms with Gasteiger partial charge in [0.15, 0.2) is 5.82 Å². The van der Waals surface area contributed by atoms with Crippen LogP contribution in [0.5, 0.6) is 5.75 Å². The highest BCUT2D eigenvalue weighted by Gasteiger charge is 2.20. The quantitative estimate of drug-likeness (QED) is 0.445. The summed E-state index contributed by atoms with van der Waals surface area (Å²) in [6.45, 7) is 3.21. The minimum atomic E-state index is -0.345. The molecule has 7 nitrogen and oxygen atoms in total. The highest BCUT2D eigenvalue weighted by molar-refractivity contribution is 7.98. The molecular weight excluding hydrogens is 408 g/mol. The lowest BCUT2D eigenvalue weighted by Gasteiger charge is -2.15. The maximum atomic E-state index is 13.1. The molecule has 2 N–H and O–H groups in total. The van der Waals surface area contributed by atoms with Crippen molar-refractivity contribution in [2.75, 3.05) is 24.0 Å². The molecule has 3 aromatic rings. The highest BCUT2D eigenvalue weighted by Crippen LogP contribution is 2.31. The monoisotopic (exact) mass is 428 g/mol. The lowest BCUT2D eigenvalue weighted by Crippen LogP contribution is -2.17. The van der Waals surface area contributed by atoms with E-state index in [1.165, 1.54) is 25.8 Å². The molecule has 29 heavy (non-hydrogen) atoms. The first-order chi connectivity index (χ1) is 13.9. The Morgan fingerprint density at radius 1 is 1.17 bits per heavy atom. The molecule has 150 valence electrons.